The van der Waals surface area contributed by atoms with Crippen LogP contribution in [0.2, 0.25) is 0 Å². The Morgan fingerprint density at radius 3 is 2.25 bits per heavy atom. The molecule has 0 aliphatic rings. The molecule has 3 heteroatoms. The van der Waals surface area contributed by atoms with Gasteiger partial charge in [-0.1, -0.05) is 45.0 Å². The first-order valence-corrected chi connectivity index (χ1v) is 7.50. The van der Waals surface area contributed by atoms with Crippen LogP contribution < -0.4 is 0 Å². The summed E-state index contributed by atoms with van der Waals surface area (Å²) in [5.41, 5.74) is 2.18. The number of rotatable bonds is 9. The van der Waals surface area contributed by atoms with E-state index in [1.54, 1.807) is 0 Å². The van der Waals surface area contributed by atoms with Crippen LogP contribution in [0.1, 0.15) is 44.9 Å². The average molecular weight is 280 g/mol. The highest BCUT2D eigenvalue weighted by atomic mass is 16.5. The summed E-state index contributed by atoms with van der Waals surface area (Å²) >= 11 is 0. The fourth-order valence-corrected chi connectivity index (χ4v) is 1.92. The van der Waals surface area contributed by atoms with Crippen molar-refractivity contribution in [3.8, 4) is 0 Å². The number of hydrogen-bond acceptors (Lipinski definition) is 3. The molecule has 0 aromatic heterocycles. The summed E-state index contributed by atoms with van der Waals surface area (Å²) in [6.45, 7) is 10.1. The molecule has 1 rings (SSSR count). The molecule has 20 heavy (non-hydrogen) atoms. The Bertz CT molecular complexity index is 359. The van der Waals surface area contributed by atoms with Crippen molar-refractivity contribution < 1.29 is 14.6 Å². The van der Waals surface area contributed by atoms with Crippen molar-refractivity contribution in [2.24, 2.45) is 5.92 Å². The van der Waals surface area contributed by atoms with E-state index in [4.69, 9.17) is 9.47 Å². The summed E-state index contributed by atoms with van der Waals surface area (Å²) in [5, 5.41) is 10.2. The molecule has 1 aromatic rings. The highest BCUT2D eigenvalue weighted by Gasteiger charge is 2.16. The lowest BCUT2D eigenvalue weighted by atomic mass is 10.0. The van der Waals surface area contributed by atoms with Crippen LogP contribution >= 0.6 is 0 Å². The first-order valence-electron chi connectivity index (χ1n) is 7.50. The first-order chi connectivity index (χ1) is 9.54. The molecule has 0 saturated carbocycles. The Morgan fingerprint density at radius 1 is 1.05 bits per heavy atom. The monoisotopic (exact) mass is 280 g/mol. The van der Waals surface area contributed by atoms with Crippen LogP contribution in [0.4, 0.5) is 0 Å². The standard InChI is InChI=1S/C17H28O3/c1-5-15-6-8-16(9-7-15)17(18)14(4)20-11-10-19-12-13(2)3/h6-9,13-14,17-18H,5,10-12H2,1-4H3. The van der Waals surface area contributed by atoms with Crippen LogP contribution in [0.3, 0.4) is 0 Å². The summed E-state index contributed by atoms with van der Waals surface area (Å²) in [6.07, 6.45) is 0.187. The minimum Gasteiger partial charge on any atom is -0.386 e. The summed E-state index contributed by atoms with van der Waals surface area (Å²) in [4.78, 5) is 0. The van der Waals surface area contributed by atoms with Crippen LogP contribution in [0.25, 0.3) is 0 Å². The highest BCUT2D eigenvalue weighted by Crippen LogP contribution is 2.19. The van der Waals surface area contributed by atoms with Gasteiger partial charge in [-0.05, 0) is 30.4 Å². The summed E-state index contributed by atoms with van der Waals surface area (Å²) < 4.78 is 11.1. The topological polar surface area (TPSA) is 38.7 Å². The molecule has 0 amide bonds. The van der Waals surface area contributed by atoms with E-state index in [0.29, 0.717) is 19.1 Å². The second kappa shape index (κ2) is 9.11. The molecule has 0 heterocycles. The minimum atomic E-state index is -0.592. The van der Waals surface area contributed by atoms with Crippen molar-refractivity contribution in [2.75, 3.05) is 19.8 Å². The number of aryl methyl sites for hydroxylation is 1. The van der Waals surface area contributed by atoms with Gasteiger partial charge in [0.15, 0.2) is 0 Å². The van der Waals surface area contributed by atoms with Gasteiger partial charge in [-0.2, -0.15) is 0 Å². The Morgan fingerprint density at radius 2 is 1.70 bits per heavy atom. The predicted molar refractivity (Wildman–Crippen MR) is 81.9 cm³/mol. The van der Waals surface area contributed by atoms with E-state index in [9.17, 15) is 5.11 Å². The van der Waals surface area contributed by atoms with E-state index >= 15 is 0 Å². The Labute approximate surface area is 122 Å². The van der Waals surface area contributed by atoms with Gasteiger partial charge in [0.25, 0.3) is 0 Å². The molecule has 0 radical (unpaired) electrons. The van der Waals surface area contributed by atoms with Crippen LogP contribution in [-0.2, 0) is 15.9 Å². The van der Waals surface area contributed by atoms with Crippen LogP contribution in [0.15, 0.2) is 24.3 Å². The van der Waals surface area contributed by atoms with Gasteiger partial charge < -0.3 is 14.6 Å². The van der Waals surface area contributed by atoms with Crippen molar-refractivity contribution in [1.29, 1.82) is 0 Å². The van der Waals surface area contributed by atoms with Gasteiger partial charge in [0, 0.05) is 6.61 Å². The first kappa shape index (κ1) is 17.2. The zero-order valence-corrected chi connectivity index (χ0v) is 13.1. The number of benzene rings is 1. The second-order valence-corrected chi connectivity index (χ2v) is 5.58. The van der Waals surface area contributed by atoms with Crippen molar-refractivity contribution in [3.05, 3.63) is 35.4 Å². The maximum absolute atomic E-state index is 10.2. The minimum absolute atomic E-state index is 0.231. The molecule has 3 nitrogen and oxygen atoms in total. The summed E-state index contributed by atoms with van der Waals surface area (Å²) in [7, 11) is 0. The molecule has 0 saturated heterocycles. The van der Waals surface area contributed by atoms with Crippen LogP contribution in [-0.4, -0.2) is 31.0 Å². The lowest BCUT2D eigenvalue weighted by molar-refractivity contribution is -0.0503. The molecule has 0 bridgehead atoms. The van der Waals surface area contributed by atoms with Crippen molar-refractivity contribution in [2.45, 2.75) is 46.3 Å². The third-order valence-electron chi connectivity index (χ3n) is 3.23. The quantitative estimate of drug-likeness (QED) is 0.705. The maximum atomic E-state index is 10.2. The SMILES string of the molecule is CCc1ccc(C(O)C(C)OCCOCC(C)C)cc1. The molecule has 114 valence electrons. The fraction of sp³-hybridized carbons (Fsp3) is 0.647. The Hall–Kier alpha value is -0.900. The molecule has 0 spiro atoms. The van der Waals surface area contributed by atoms with Gasteiger partial charge in [0.1, 0.15) is 6.10 Å². The van der Waals surface area contributed by atoms with Gasteiger partial charge in [0.05, 0.1) is 19.3 Å². The smallest absolute Gasteiger partial charge is 0.105 e. The van der Waals surface area contributed by atoms with E-state index < -0.39 is 6.10 Å². The van der Waals surface area contributed by atoms with E-state index in [-0.39, 0.29) is 6.10 Å². The van der Waals surface area contributed by atoms with Crippen molar-refractivity contribution in [1.82, 2.24) is 0 Å². The average Bonchev–Trinajstić information content (AvgIpc) is 2.45. The van der Waals surface area contributed by atoms with Crippen LogP contribution in [0.5, 0.6) is 0 Å². The maximum Gasteiger partial charge on any atom is 0.105 e. The molecule has 0 aliphatic carbocycles. The molecule has 2 atom stereocenters. The van der Waals surface area contributed by atoms with Gasteiger partial charge in [-0.3, -0.25) is 0 Å². The van der Waals surface area contributed by atoms with Crippen molar-refractivity contribution in [3.63, 3.8) is 0 Å². The molecule has 1 N–H and O–H groups in total. The molecule has 0 aliphatic heterocycles. The third kappa shape index (κ3) is 6.04. The van der Waals surface area contributed by atoms with Crippen LogP contribution in [0, 0.1) is 5.92 Å². The largest absolute Gasteiger partial charge is 0.386 e. The summed E-state index contributed by atoms with van der Waals surface area (Å²) in [6, 6.07) is 8.05. The van der Waals surface area contributed by atoms with Gasteiger partial charge in [-0.15, -0.1) is 0 Å². The third-order valence-corrected chi connectivity index (χ3v) is 3.23. The lowest BCUT2D eigenvalue weighted by Crippen LogP contribution is -2.21. The second-order valence-electron chi connectivity index (χ2n) is 5.58. The molecule has 1 aromatic carbocycles. The zero-order valence-electron chi connectivity index (χ0n) is 13.1. The molecular weight excluding hydrogens is 252 g/mol. The van der Waals surface area contributed by atoms with E-state index in [0.717, 1.165) is 18.6 Å². The van der Waals surface area contributed by atoms with Gasteiger partial charge in [0.2, 0.25) is 0 Å². The number of ether oxygens (including phenoxy) is 2. The van der Waals surface area contributed by atoms with Crippen molar-refractivity contribution >= 4 is 0 Å². The predicted octanol–water partition coefficient (Wildman–Crippen LogP) is 3.36. The zero-order chi connectivity index (χ0) is 15.0. The Balaban J connectivity index is 2.32. The van der Waals surface area contributed by atoms with Gasteiger partial charge in [-0.25, -0.2) is 0 Å². The number of aliphatic hydroxyl groups excluding tert-OH is 1. The normalized spacial score (nSPS) is 14.5. The molecule has 0 fully saturated rings. The lowest BCUT2D eigenvalue weighted by Gasteiger charge is -2.20. The van der Waals surface area contributed by atoms with E-state index in [1.807, 2.05) is 19.1 Å². The molecule has 2 unspecified atom stereocenters. The Kier molecular flexibility index (Phi) is 7.82. The highest BCUT2D eigenvalue weighted by molar-refractivity contribution is 5.24. The number of aliphatic hydroxyl groups is 1. The van der Waals surface area contributed by atoms with E-state index in [1.165, 1.54) is 5.56 Å². The van der Waals surface area contributed by atoms with E-state index in [2.05, 4.69) is 32.9 Å². The molecular formula is C17H28O3. The fourth-order valence-electron chi connectivity index (χ4n) is 1.92. The van der Waals surface area contributed by atoms with Gasteiger partial charge >= 0.3 is 0 Å². The summed E-state index contributed by atoms with van der Waals surface area (Å²) in [5.74, 6) is 0.537. The number of hydrogen-bond donors (Lipinski definition) is 1.